The van der Waals surface area contributed by atoms with Crippen LogP contribution in [0, 0.1) is 0 Å². The molecule has 15 heavy (non-hydrogen) atoms. The molecule has 86 valence electrons. The summed E-state index contributed by atoms with van der Waals surface area (Å²) in [5, 5.41) is 7.49. The summed E-state index contributed by atoms with van der Waals surface area (Å²) in [5.74, 6) is 0. The van der Waals surface area contributed by atoms with Gasteiger partial charge in [0, 0.05) is 20.4 Å². The van der Waals surface area contributed by atoms with Crippen molar-refractivity contribution < 1.29 is 9.47 Å². The van der Waals surface area contributed by atoms with E-state index in [9.17, 15) is 0 Å². The Hall–Kier alpha value is -0.910. The van der Waals surface area contributed by atoms with Crippen molar-refractivity contribution >= 4 is 0 Å². The molecule has 1 atom stereocenters. The maximum atomic E-state index is 5.45. The zero-order chi connectivity index (χ0) is 11.1. The van der Waals surface area contributed by atoms with Crippen LogP contribution in [0.5, 0.6) is 0 Å². The van der Waals surface area contributed by atoms with Gasteiger partial charge in [-0.3, -0.25) is 4.68 Å². The van der Waals surface area contributed by atoms with Crippen molar-refractivity contribution in [2.45, 2.75) is 6.04 Å². The Balaban J connectivity index is 2.35. The average molecular weight is 213 g/mol. The molecule has 0 spiro atoms. The van der Waals surface area contributed by atoms with E-state index < -0.39 is 0 Å². The van der Waals surface area contributed by atoms with Gasteiger partial charge in [0.2, 0.25) is 0 Å². The van der Waals surface area contributed by atoms with Crippen molar-refractivity contribution in [3.8, 4) is 0 Å². The highest BCUT2D eigenvalue weighted by Gasteiger charge is 2.11. The summed E-state index contributed by atoms with van der Waals surface area (Å²) < 4.78 is 12.1. The van der Waals surface area contributed by atoms with Crippen LogP contribution in [0.3, 0.4) is 0 Å². The van der Waals surface area contributed by atoms with Crippen molar-refractivity contribution in [3.63, 3.8) is 0 Å². The minimum atomic E-state index is 0.142. The van der Waals surface area contributed by atoms with E-state index in [1.807, 2.05) is 26.4 Å². The number of aromatic nitrogens is 2. The molecule has 5 heteroatoms. The Morgan fingerprint density at radius 2 is 2.33 bits per heavy atom. The van der Waals surface area contributed by atoms with Gasteiger partial charge in [0.15, 0.2) is 0 Å². The lowest BCUT2D eigenvalue weighted by Crippen LogP contribution is -2.23. The standard InChI is InChI=1S/C10H19N3O2/c1-11-10(8-15-7-6-14-3)9-4-5-13(2)12-9/h4-5,10-11H,6-8H2,1-3H3. The third kappa shape index (κ3) is 3.99. The molecule has 0 saturated heterocycles. The first-order valence-electron chi connectivity index (χ1n) is 5.01. The highest BCUT2D eigenvalue weighted by Crippen LogP contribution is 2.09. The molecule has 0 bridgehead atoms. The largest absolute Gasteiger partial charge is 0.382 e. The van der Waals surface area contributed by atoms with Crippen LogP contribution in [-0.2, 0) is 16.5 Å². The van der Waals surface area contributed by atoms with Crippen LogP contribution in [0.4, 0.5) is 0 Å². The lowest BCUT2D eigenvalue weighted by molar-refractivity contribution is 0.0590. The maximum Gasteiger partial charge on any atom is 0.0817 e. The van der Waals surface area contributed by atoms with Crippen LogP contribution in [-0.4, -0.2) is 43.8 Å². The zero-order valence-corrected chi connectivity index (χ0v) is 9.56. The third-order valence-corrected chi connectivity index (χ3v) is 2.16. The van der Waals surface area contributed by atoms with Crippen LogP contribution < -0.4 is 5.32 Å². The molecular formula is C10H19N3O2. The van der Waals surface area contributed by atoms with Crippen LogP contribution in [0.15, 0.2) is 12.3 Å². The maximum absolute atomic E-state index is 5.45. The molecule has 1 N–H and O–H groups in total. The fourth-order valence-corrected chi connectivity index (χ4v) is 1.28. The number of hydrogen-bond acceptors (Lipinski definition) is 4. The number of rotatable bonds is 7. The lowest BCUT2D eigenvalue weighted by Gasteiger charge is -2.13. The minimum absolute atomic E-state index is 0.142. The van der Waals surface area contributed by atoms with Crippen LogP contribution in [0.25, 0.3) is 0 Å². The molecule has 1 unspecified atom stereocenters. The van der Waals surface area contributed by atoms with E-state index in [1.54, 1.807) is 11.8 Å². The topological polar surface area (TPSA) is 48.3 Å². The van der Waals surface area contributed by atoms with E-state index >= 15 is 0 Å². The normalized spacial score (nSPS) is 13.0. The number of methoxy groups -OCH3 is 1. The van der Waals surface area contributed by atoms with Crippen molar-refractivity contribution in [3.05, 3.63) is 18.0 Å². The Kier molecular flexibility index (Phi) is 5.31. The first-order chi connectivity index (χ1) is 7.27. The van der Waals surface area contributed by atoms with Gasteiger partial charge in [-0.25, -0.2) is 0 Å². The minimum Gasteiger partial charge on any atom is -0.382 e. The predicted molar refractivity (Wildman–Crippen MR) is 57.7 cm³/mol. The molecule has 0 aliphatic rings. The molecule has 0 aliphatic heterocycles. The molecule has 0 amide bonds. The van der Waals surface area contributed by atoms with Crippen molar-refractivity contribution in [2.75, 3.05) is 34.0 Å². The van der Waals surface area contributed by atoms with E-state index in [0.717, 1.165) is 5.69 Å². The molecule has 1 rings (SSSR count). The number of nitrogens with one attached hydrogen (secondary N) is 1. The highest BCUT2D eigenvalue weighted by molar-refractivity contribution is 5.05. The van der Waals surface area contributed by atoms with Crippen molar-refractivity contribution in [1.29, 1.82) is 0 Å². The summed E-state index contributed by atoms with van der Waals surface area (Å²) in [6.45, 7) is 1.84. The summed E-state index contributed by atoms with van der Waals surface area (Å²) in [6, 6.07) is 2.13. The number of likely N-dealkylation sites (N-methyl/N-ethyl adjacent to an activating group) is 1. The molecule has 0 saturated carbocycles. The fraction of sp³-hybridized carbons (Fsp3) is 0.700. The average Bonchev–Trinajstić information content (AvgIpc) is 2.65. The molecule has 1 aromatic rings. The van der Waals surface area contributed by atoms with Gasteiger partial charge in [-0.1, -0.05) is 0 Å². The Bertz CT molecular complexity index is 275. The van der Waals surface area contributed by atoms with Gasteiger partial charge in [0.05, 0.1) is 31.6 Å². The quantitative estimate of drug-likeness (QED) is 0.664. The van der Waals surface area contributed by atoms with E-state index in [0.29, 0.717) is 19.8 Å². The van der Waals surface area contributed by atoms with Crippen LogP contribution in [0.1, 0.15) is 11.7 Å². The van der Waals surface area contributed by atoms with Gasteiger partial charge in [-0.05, 0) is 13.1 Å². The third-order valence-electron chi connectivity index (χ3n) is 2.16. The fourth-order valence-electron chi connectivity index (χ4n) is 1.28. The van der Waals surface area contributed by atoms with Gasteiger partial charge in [0.25, 0.3) is 0 Å². The van der Waals surface area contributed by atoms with E-state index in [-0.39, 0.29) is 6.04 Å². The van der Waals surface area contributed by atoms with Gasteiger partial charge in [0.1, 0.15) is 0 Å². The predicted octanol–water partition coefficient (Wildman–Crippen LogP) is 0.344. The second kappa shape index (κ2) is 6.55. The molecule has 1 aromatic heterocycles. The van der Waals surface area contributed by atoms with Gasteiger partial charge in [-0.2, -0.15) is 5.10 Å². The zero-order valence-electron chi connectivity index (χ0n) is 9.56. The molecule has 5 nitrogen and oxygen atoms in total. The molecule has 0 aromatic carbocycles. The van der Waals surface area contributed by atoms with Crippen molar-refractivity contribution in [2.24, 2.45) is 7.05 Å². The molecular weight excluding hydrogens is 194 g/mol. The van der Waals surface area contributed by atoms with Crippen LogP contribution in [0.2, 0.25) is 0 Å². The summed E-state index contributed by atoms with van der Waals surface area (Å²) in [4.78, 5) is 0. The van der Waals surface area contributed by atoms with E-state index in [4.69, 9.17) is 9.47 Å². The molecule has 0 radical (unpaired) electrons. The van der Waals surface area contributed by atoms with Gasteiger partial charge >= 0.3 is 0 Å². The summed E-state index contributed by atoms with van der Waals surface area (Å²) in [6.07, 6.45) is 1.93. The number of nitrogens with zero attached hydrogens (tertiary/aromatic N) is 2. The van der Waals surface area contributed by atoms with Crippen molar-refractivity contribution in [1.82, 2.24) is 15.1 Å². The first-order valence-corrected chi connectivity index (χ1v) is 5.01. The Morgan fingerprint density at radius 1 is 1.53 bits per heavy atom. The number of ether oxygens (including phenoxy) is 2. The summed E-state index contributed by atoms with van der Waals surface area (Å²) in [7, 11) is 5.47. The van der Waals surface area contributed by atoms with Crippen LogP contribution >= 0.6 is 0 Å². The smallest absolute Gasteiger partial charge is 0.0817 e. The SMILES string of the molecule is CNC(COCCOC)c1ccn(C)n1. The van der Waals surface area contributed by atoms with Gasteiger partial charge < -0.3 is 14.8 Å². The highest BCUT2D eigenvalue weighted by atomic mass is 16.5. The molecule has 0 fully saturated rings. The first kappa shape index (κ1) is 12.2. The summed E-state index contributed by atoms with van der Waals surface area (Å²) >= 11 is 0. The monoisotopic (exact) mass is 213 g/mol. The number of aryl methyl sites for hydroxylation is 1. The second-order valence-electron chi connectivity index (χ2n) is 3.32. The number of hydrogen-bond donors (Lipinski definition) is 1. The van der Waals surface area contributed by atoms with E-state index in [2.05, 4.69) is 10.4 Å². The molecule has 1 heterocycles. The second-order valence-corrected chi connectivity index (χ2v) is 3.32. The Morgan fingerprint density at radius 3 is 2.87 bits per heavy atom. The van der Waals surface area contributed by atoms with E-state index in [1.165, 1.54) is 0 Å². The Labute approximate surface area is 90.4 Å². The van der Waals surface area contributed by atoms with Gasteiger partial charge in [-0.15, -0.1) is 0 Å². The molecule has 0 aliphatic carbocycles. The lowest BCUT2D eigenvalue weighted by atomic mass is 10.2. The summed E-state index contributed by atoms with van der Waals surface area (Å²) in [5.41, 5.74) is 0.998.